The van der Waals surface area contributed by atoms with E-state index in [2.05, 4.69) is 10.5 Å². The first-order valence-electron chi connectivity index (χ1n) is 7.42. The van der Waals surface area contributed by atoms with E-state index in [1.54, 1.807) is 18.2 Å². The minimum absolute atomic E-state index is 0.150. The second kappa shape index (κ2) is 6.75. The van der Waals surface area contributed by atoms with E-state index in [1.165, 1.54) is 46.9 Å². The Balaban J connectivity index is 1.69. The third-order valence-electron chi connectivity index (χ3n) is 3.78. The van der Waals surface area contributed by atoms with E-state index in [9.17, 15) is 9.59 Å². The number of fused-ring (bicyclic) bond motifs is 1. The third-order valence-corrected chi connectivity index (χ3v) is 5.02. The van der Waals surface area contributed by atoms with Crippen LogP contribution >= 0.6 is 11.3 Å². The second-order valence-electron chi connectivity index (χ2n) is 5.36. The average molecular weight is 328 g/mol. The summed E-state index contributed by atoms with van der Waals surface area (Å²) in [7, 11) is 0. The van der Waals surface area contributed by atoms with Crippen molar-refractivity contribution in [2.45, 2.75) is 25.7 Å². The number of benzene rings is 1. The highest BCUT2D eigenvalue weighted by molar-refractivity contribution is 7.14. The lowest BCUT2D eigenvalue weighted by atomic mass is 9.99. The number of amides is 1. The number of aromatic carboxylic acids is 1. The van der Waals surface area contributed by atoms with Crippen molar-refractivity contribution in [1.29, 1.82) is 0 Å². The van der Waals surface area contributed by atoms with E-state index in [4.69, 9.17) is 5.11 Å². The fourth-order valence-corrected chi connectivity index (χ4v) is 3.77. The quantitative estimate of drug-likeness (QED) is 0.668. The molecule has 2 aromatic rings. The standard InChI is InChI=1S/C17H16N2O3S/c20-16(15-9-11-5-2-4-8-14(11)23-15)19-18-10-12-6-1-3-7-13(12)17(21)22/h1,3,6-7,9-10H,2,4-5,8H2,(H,19,20)(H,21,22)/b18-10+. The molecule has 0 aliphatic heterocycles. The van der Waals surface area contributed by atoms with Crippen molar-refractivity contribution in [3.8, 4) is 0 Å². The average Bonchev–Trinajstić information content (AvgIpc) is 2.99. The molecule has 1 amide bonds. The first-order chi connectivity index (χ1) is 11.1. The number of carboxylic acid groups (broad SMARTS) is 1. The van der Waals surface area contributed by atoms with Gasteiger partial charge in [-0.05, 0) is 43.4 Å². The van der Waals surface area contributed by atoms with E-state index >= 15 is 0 Å². The van der Waals surface area contributed by atoms with Crippen molar-refractivity contribution < 1.29 is 14.7 Å². The van der Waals surface area contributed by atoms with Crippen LogP contribution in [0.5, 0.6) is 0 Å². The van der Waals surface area contributed by atoms with Crippen molar-refractivity contribution in [2.75, 3.05) is 0 Å². The Kier molecular flexibility index (Phi) is 4.52. The highest BCUT2D eigenvalue weighted by atomic mass is 32.1. The number of carboxylic acids is 1. The molecule has 6 heteroatoms. The minimum atomic E-state index is -1.02. The van der Waals surface area contributed by atoms with E-state index in [1.807, 2.05) is 6.07 Å². The zero-order chi connectivity index (χ0) is 16.2. The van der Waals surface area contributed by atoms with Gasteiger partial charge in [0, 0.05) is 10.4 Å². The fraction of sp³-hybridized carbons (Fsp3) is 0.235. The molecular formula is C17H16N2O3S. The number of hydrogen-bond acceptors (Lipinski definition) is 4. The fourth-order valence-electron chi connectivity index (χ4n) is 2.62. The van der Waals surface area contributed by atoms with Gasteiger partial charge in [0.1, 0.15) is 0 Å². The summed E-state index contributed by atoms with van der Waals surface area (Å²) in [4.78, 5) is 25.2. The molecule has 0 saturated heterocycles. The van der Waals surface area contributed by atoms with Crippen LogP contribution in [0.1, 0.15) is 48.9 Å². The van der Waals surface area contributed by atoms with Crippen LogP contribution in [0.3, 0.4) is 0 Å². The molecule has 2 N–H and O–H groups in total. The van der Waals surface area contributed by atoms with Gasteiger partial charge < -0.3 is 5.11 Å². The van der Waals surface area contributed by atoms with Gasteiger partial charge in [0.15, 0.2) is 0 Å². The van der Waals surface area contributed by atoms with Crippen molar-refractivity contribution in [3.05, 3.63) is 56.8 Å². The molecule has 1 aliphatic carbocycles. The number of aryl methyl sites for hydroxylation is 2. The lowest BCUT2D eigenvalue weighted by Crippen LogP contribution is -2.16. The van der Waals surface area contributed by atoms with E-state index < -0.39 is 5.97 Å². The number of hydrazone groups is 1. The molecular weight excluding hydrogens is 312 g/mol. The zero-order valence-corrected chi connectivity index (χ0v) is 13.2. The van der Waals surface area contributed by atoms with Gasteiger partial charge in [-0.3, -0.25) is 4.79 Å². The third kappa shape index (κ3) is 3.48. The Morgan fingerprint density at radius 3 is 2.78 bits per heavy atom. The van der Waals surface area contributed by atoms with Crippen molar-refractivity contribution in [3.63, 3.8) is 0 Å². The molecule has 0 radical (unpaired) electrons. The molecule has 1 aliphatic rings. The van der Waals surface area contributed by atoms with Crippen LogP contribution in [0.4, 0.5) is 0 Å². The number of nitrogens with one attached hydrogen (secondary N) is 1. The molecule has 0 fully saturated rings. The van der Waals surface area contributed by atoms with Crippen LogP contribution in [0.25, 0.3) is 0 Å². The summed E-state index contributed by atoms with van der Waals surface area (Å²) in [6, 6.07) is 8.45. The lowest BCUT2D eigenvalue weighted by Gasteiger charge is -2.08. The topological polar surface area (TPSA) is 78.8 Å². The van der Waals surface area contributed by atoms with Crippen molar-refractivity contribution >= 4 is 29.4 Å². The number of rotatable bonds is 4. The number of hydrogen-bond donors (Lipinski definition) is 2. The van der Waals surface area contributed by atoms with Crippen molar-refractivity contribution in [1.82, 2.24) is 5.43 Å². The Morgan fingerprint density at radius 2 is 2.00 bits per heavy atom. The van der Waals surface area contributed by atoms with E-state index in [0.29, 0.717) is 10.4 Å². The zero-order valence-electron chi connectivity index (χ0n) is 12.4. The van der Waals surface area contributed by atoms with Gasteiger partial charge in [0.05, 0.1) is 16.7 Å². The highest BCUT2D eigenvalue weighted by Crippen LogP contribution is 2.29. The molecule has 1 aromatic heterocycles. The van der Waals surface area contributed by atoms with Crippen LogP contribution in [-0.2, 0) is 12.8 Å². The summed E-state index contributed by atoms with van der Waals surface area (Å²) in [5.41, 5.74) is 4.34. The van der Waals surface area contributed by atoms with Crippen molar-refractivity contribution in [2.24, 2.45) is 5.10 Å². The van der Waals surface area contributed by atoms with Gasteiger partial charge in [-0.1, -0.05) is 18.2 Å². The summed E-state index contributed by atoms with van der Waals surface area (Å²) in [5, 5.41) is 13.0. The van der Waals surface area contributed by atoms with Crippen LogP contribution in [0.2, 0.25) is 0 Å². The molecule has 0 bridgehead atoms. The molecule has 0 atom stereocenters. The van der Waals surface area contributed by atoms with Gasteiger partial charge in [0.2, 0.25) is 0 Å². The molecule has 1 heterocycles. The summed E-state index contributed by atoms with van der Waals surface area (Å²) < 4.78 is 0. The van der Waals surface area contributed by atoms with Crippen LogP contribution in [0.15, 0.2) is 35.4 Å². The number of carbonyl (C=O) groups is 2. The number of thiophene rings is 1. The predicted octanol–water partition coefficient (Wildman–Crippen LogP) is 3.09. The SMILES string of the molecule is O=C(N/N=C/c1ccccc1C(=O)O)c1cc2c(s1)CCCC2. The Hall–Kier alpha value is -2.47. The molecule has 0 unspecified atom stereocenters. The van der Waals surface area contributed by atoms with Crippen LogP contribution < -0.4 is 5.43 Å². The molecule has 23 heavy (non-hydrogen) atoms. The molecule has 3 rings (SSSR count). The lowest BCUT2D eigenvalue weighted by molar-refractivity contribution is 0.0696. The first-order valence-corrected chi connectivity index (χ1v) is 8.24. The summed E-state index contributed by atoms with van der Waals surface area (Å²) in [6.45, 7) is 0. The van der Waals surface area contributed by atoms with Crippen LogP contribution in [-0.4, -0.2) is 23.2 Å². The van der Waals surface area contributed by atoms with E-state index in [-0.39, 0.29) is 11.5 Å². The Bertz CT molecular complexity index is 756. The molecule has 5 nitrogen and oxygen atoms in total. The highest BCUT2D eigenvalue weighted by Gasteiger charge is 2.16. The van der Waals surface area contributed by atoms with Gasteiger partial charge >= 0.3 is 5.97 Å². The van der Waals surface area contributed by atoms with E-state index in [0.717, 1.165) is 12.8 Å². The molecule has 118 valence electrons. The first kappa shape index (κ1) is 15.4. The normalized spacial score (nSPS) is 13.7. The molecule has 0 spiro atoms. The monoisotopic (exact) mass is 328 g/mol. The second-order valence-corrected chi connectivity index (χ2v) is 6.49. The summed E-state index contributed by atoms with van der Waals surface area (Å²) in [5.74, 6) is -1.28. The summed E-state index contributed by atoms with van der Waals surface area (Å²) in [6.07, 6.45) is 5.79. The molecule has 0 saturated carbocycles. The number of carbonyl (C=O) groups excluding carboxylic acids is 1. The Labute approximate surface area is 137 Å². The van der Waals surface area contributed by atoms with Gasteiger partial charge in [0.25, 0.3) is 5.91 Å². The smallest absolute Gasteiger partial charge is 0.336 e. The number of nitrogens with zero attached hydrogens (tertiary/aromatic N) is 1. The maximum atomic E-state index is 12.1. The van der Waals surface area contributed by atoms with Crippen LogP contribution in [0, 0.1) is 0 Å². The largest absolute Gasteiger partial charge is 0.478 e. The maximum absolute atomic E-state index is 12.1. The maximum Gasteiger partial charge on any atom is 0.336 e. The minimum Gasteiger partial charge on any atom is -0.478 e. The Morgan fingerprint density at radius 1 is 1.22 bits per heavy atom. The van der Waals surface area contributed by atoms with Gasteiger partial charge in [-0.25, -0.2) is 10.2 Å². The molecule has 1 aromatic carbocycles. The predicted molar refractivity (Wildman–Crippen MR) is 89.4 cm³/mol. The summed E-state index contributed by atoms with van der Waals surface area (Å²) >= 11 is 1.52. The van der Waals surface area contributed by atoms with Gasteiger partial charge in [-0.2, -0.15) is 5.10 Å². The van der Waals surface area contributed by atoms with Gasteiger partial charge in [-0.15, -0.1) is 11.3 Å².